The number of rotatable bonds is 5. The molecule has 0 nitrogen and oxygen atoms in total. The Morgan fingerprint density at radius 3 is 1.95 bits per heavy atom. The topological polar surface area (TPSA) is 0 Å². The average molecular weight is 262 g/mol. The molecule has 0 spiro atoms. The fourth-order valence-electron chi connectivity index (χ4n) is 2.99. The van der Waals surface area contributed by atoms with E-state index in [2.05, 4.69) is 67.6 Å². The highest BCUT2D eigenvalue weighted by Gasteiger charge is 2.32. The SMILES string of the molecule is CCCCC1CC1=C(c1ccccc1)c1ccccc1. The maximum atomic E-state index is 2.28. The number of benzene rings is 2. The van der Waals surface area contributed by atoms with Crippen LogP contribution in [0.1, 0.15) is 43.7 Å². The van der Waals surface area contributed by atoms with E-state index in [0.717, 1.165) is 5.92 Å². The molecule has 0 saturated heterocycles. The first-order valence-corrected chi connectivity index (χ1v) is 7.74. The molecule has 1 unspecified atom stereocenters. The maximum Gasteiger partial charge on any atom is -0.0116 e. The van der Waals surface area contributed by atoms with Crippen molar-refractivity contribution in [2.45, 2.75) is 32.6 Å². The van der Waals surface area contributed by atoms with Crippen LogP contribution in [0.3, 0.4) is 0 Å². The Hall–Kier alpha value is -1.82. The van der Waals surface area contributed by atoms with Crippen LogP contribution < -0.4 is 0 Å². The molecule has 1 fully saturated rings. The van der Waals surface area contributed by atoms with Gasteiger partial charge in [0.1, 0.15) is 0 Å². The van der Waals surface area contributed by atoms with Crippen molar-refractivity contribution in [3.05, 3.63) is 77.4 Å². The van der Waals surface area contributed by atoms with Crippen LogP contribution in [0.25, 0.3) is 5.57 Å². The third-order valence-electron chi connectivity index (χ3n) is 4.15. The van der Waals surface area contributed by atoms with Crippen LogP contribution in [-0.4, -0.2) is 0 Å². The lowest BCUT2D eigenvalue weighted by Crippen LogP contribution is -1.88. The summed E-state index contributed by atoms with van der Waals surface area (Å²) in [4.78, 5) is 0. The molecule has 102 valence electrons. The Kier molecular flexibility index (Phi) is 4.01. The predicted octanol–water partition coefficient (Wildman–Crippen LogP) is 5.70. The molecular weight excluding hydrogens is 240 g/mol. The first kappa shape index (κ1) is 13.2. The molecule has 2 aromatic carbocycles. The largest absolute Gasteiger partial charge is 0.0654 e. The minimum atomic E-state index is 0.824. The van der Waals surface area contributed by atoms with Crippen LogP contribution in [-0.2, 0) is 0 Å². The molecule has 2 aromatic rings. The van der Waals surface area contributed by atoms with E-state index in [-0.39, 0.29) is 0 Å². The first-order valence-electron chi connectivity index (χ1n) is 7.74. The minimum Gasteiger partial charge on any atom is -0.0654 e. The summed E-state index contributed by atoms with van der Waals surface area (Å²) in [6.45, 7) is 2.28. The predicted molar refractivity (Wildman–Crippen MR) is 86.5 cm³/mol. The van der Waals surface area contributed by atoms with E-state index >= 15 is 0 Å². The van der Waals surface area contributed by atoms with E-state index in [9.17, 15) is 0 Å². The van der Waals surface area contributed by atoms with Crippen molar-refractivity contribution >= 4 is 5.57 Å². The molecule has 1 aliphatic rings. The molecule has 0 aromatic heterocycles. The molecule has 0 N–H and O–H groups in total. The molecular formula is C20H22. The Bertz CT molecular complexity index is 536. The van der Waals surface area contributed by atoms with Gasteiger partial charge >= 0.3 is 0 Å². The van der Waals surface area contributed by atoms with E-state index in [4.69, 9.17) is 0 Å². The van der Waals surface area contributed by atoms with E-state index in [1.165, 1.54) is 42.4 Å². The Labute approximate surface area is 122 Å². The summed E-state index contributed by atoms with van der Waals surface area (Å²) in [5, 5.41) is 0. The molecule has 1 saturated carbocycles. The van der Waals surface area contributed by atoms with Gasteiger partial charge in [0.15, 0.2) is 0 Å². The van der Waals surface area contributed by atoms with Gasteiger partial charge in [-0.05, 0) is 35.5 Å². The van der Waals surface area contributed by atoms with Crippen molar-refractivity contribution in [2.24, 2.45) is 5.92 Å². The lowest BCUT2D eigenvalue weighted by molar-refractivity contribution is 0.669. The summed E-state index contributed by atoms with van der Waals surface area (Å²) < 4.78 is 0. The van der Waals surface area contributed by atoms with Crippen molar-refractivity contribution < 1.29 is 0 Å². The minimum absolute atomic E-state index is 0.824. The van der Waals surface area contributed by atoms with Gasteiger partial charge in [-0.3, -0.25) is 0 Å². The zero-order valence-corrected chi connectivity index (χ0v) is 12.2. The maximum absolute atomic E-state index is 2.28. The molecule has 0 heteroatoms. The Balaban J connectivity index is 1.97. The van der Waals surface area contributed by atoms with Gasteiger partial charge < -0.3 is 0 Å². The van der Waals surface area contributed by atoms with Crippen molar-refractivity contribution in [1.82, 2.24) is 0 Å². The van der Waals surface area contributed by atoms with Crippen molar-refractivity contribution in [2.75, 3.05) is 0 Å². The zero-order chi connectivity index (χ0) is 13.8. The summed E-state index contributed by atoms with van der Waals surface area (Å²) in [5.41, 5.74) is 5.88. The molecule has 3 rings (SSSR count). The quantitative estimate of drug-likeness (QED) is 0.648. The second kappa shape index (κ2) is 6.09. The van der Waals surface area contributed by atoms with Crippen LogP contribution in [0.15, 0.2) is 66.2 Å². The summed E-state index contributed by atoms with van der Waals surface area (Å²) >= 11 is 0. The lowest BCUT2D eigenvalue weighted by atomic mass is 9.96. The van der Waals surface area contributed by atoms with Crippen LogP contribution in [0, 0.1) is 5.92 Å². The summed E-state index contributed by atoms with van der Waals surface area (Å²) in [6.07, 6.45) is 5.30. The second-order valence-electron chi connectivity index (χ2n) is 5.68. The first-order chi connectivity index (χ1) is 9.90. The second-order valence-corrected chi connectivity index (χ2v) is 5.68. The van der Waals surface area contributed by atoms with Crippen molar-refractivity contribution in [3.63, 3.8) is 0 Å². The number of hydrogen-bond acceptors (Lipinski definition) is 0. The average Bonchev–Trinajstić information content (AvgIpc) is 3.27. The molecule has 1 aliphatic carbocycles. The highest BCUT2D eigenvalue weighted by atomic mass is 14.4. The summed E-state index contributed by atoms with van der Waals surface area (Å²) in [7, 11) is 0. The van der Waals surface area contributed by atoms with Crippen molar-refractivity contribution in [1.29, 1.82) is 0 Å². The van der Waals surface area contributed by atoms with E-state index in [0.29, 0.717) is 0 Å². The molecule has 0 radical (unpaired) electrons. The normalized spacial score (nSPS) is 17.1. The fraction of sp³-hybridized carbons (Fsp3) is 0.300. The van der Waals surface area contributed by atoms with Crippen LogP contribution in [0.5, 0.6) is 0 Å². The van der Waals surface area contributed by atoms with E-state index < -0.39 is 0 Å². The molecule has 0 heterocycles. The van der Waals surface area contributed by atoms with Crippen LogP contribution in [0.2, 0.25) is 0 Å². The fourth-order valence-corrected chi connectivity index (χ4v) is 2.99. The third-order valence-corrected chi connectivity index (χ3v) is 4.15. The van der Waals surface area contributed by atoms with Crippen LogP contribution in [0.4, 0.5) is 0 Å². The molecule has 1 atom stereocenters. The van der Waals surface area contributed by atoms with Gasteiger partial charge in [-0.25, -0.2) is 0 Å². The van der Waals surface area contributed by atoms with Crippen molar-refractivity contribution in [3.8, 4) is 0 Å². The van der Waals surface area contributed by atoms with E-state index in [1.807, 2.05) is 0 Å². The molecule has 0 amide bonds. The summed E-state index contributed by atoms with van der Waals surface area (Å²) in [6, 6.07) is 21.7. The van der Waals surface area contributed by atoms with Gasteiger partial charge in [0.2, 0.25) is 0 Å². The monoisotopic (exact) mass is 262 g/mol. The van der Waals surface area contributed by atoms with E-state index in [1.54, 1.807) is 5.57 Å². The number of hydrogen-bond donors (Lipinski definition) is 0. The standard InChI is InChI=1S/C20H22/c1-2-3-10-18-15-19(18)20(16-11-6-4-7-12-16)17-13-8-5-9-14-17/h4-9,11-14,18H,2-3,10,15H2,1H3. The van der Waals surface area contributed by atoms with Gasteiger partial charge in [0.25, 0.3) is 0 Å². The number of allylic oxidation sites excluding steroid dienone is 1. The molecule has 0 aliphatic heterocycles. The van der Waals surface area contributed by atoms with Gasteiger partial charge in [-0.15, -0.1) is 0 Å². The zero-order valence-electron chi connectivity index (χ0n) is 12.2. The lowest BCUT2D eigenvalue weighted by Gasteiger charge is -2.08. The smallest absolute Gasteiger partial charge is 0.0116 e. The highest BCUT2D eigenvalue weighted by Crippen LogP contribution is 2.48. The highest BCUT2D eigenvalue weighted by molar-refractivity contribution is 5.84. The van der Waals surface area contributed by atoms with Gasteiger partial charge in [0.05, 0.1) is 0 Å². The molecule has 0 bridgehead atoms. The molecule has 20 heavy (non-hydrogen) atoms. The summed E-state index contributed by atoms with van der Waals surface area (Å²) in [5.74, 6) is 0.824. The third kappa shape index (κ3) is 2.85. The van der Waals surface area contributed by atoms with Gasteiger partial charge in [-0.1, -0.05) is 86.0 Å². The van der Waals surface area contributed by atoms with Gasteiger partial charge in [-0.2, -0.15) is 0 Å². The Morgan fingerprint density at radius 1 is 0.900 bits per heavy atom. The Morgan fingerprint density at radius 2 is 1.45 bits per heavy atom. The van der Waals surface area contributed by atoms with Gasteiger partial charge in [0, 0.05) is 0 Å². The van der Waals surface area contributed by atoms with Crippen LogP contribution >= 0.6 is 0 Å². The number of unbranched alkanes of at least 4 members (excludes halogenated alkanes) is 1.